The van der Waals surface area contributed by atoms with E-state index in [4.69, 9.17) is 0 Å². The van der Waals surface area contributed by atoms with Crippen LogP contribution in [0.2, 0.25) is 0 Å². The Hall–Kier alpha value is -2.17. The first kappa shape index (κ1) is 13.5. The van der Waals surface area contributed by atoms with Crippen molar-refractivity contribution in [3.8, 4) is 0 Å². The zero-order valence-corrected chi connectivity index (χ0v) is 12.5. The molecule has 1 amide bonds. The second kappa shape index (κ2) is 5.55. The van der Waals surface area contributed by atoms with Gasteiger partial charge >= 0.3 is 0 Å². The summed E-state index contributed by atoms with van der Waals surface area (Å²) in [5.41, 5.74) is 1.24. The molecule has 2 aromatic rings. The highest BCUT2D eigenvalue weighted by Gasteiger charge is 2.32. The maximum Gasteiger partial charge on any atom is 0.223 e. The van der Waals surface area contributed by atoms with Gasteiger partial charge in [0.05, 0.1) is 0 Å². The van der Waals surface area contributed by atoms with Crippen LogP contribution in [-0.4, -0.2) is 26.7 Å². The highest BCUT2D eigenvalue weighted by molar-refractivity contribution is 5.81. The number of hydrogen-bond donors (Lipinski definition) is 1. The largest absolute Gasteiger partial charge is 0.351 e. The molecule has 1 aromatic carbocycles. The number of nitrogens with zero attached hydrogens (tertiary/aromatic N) is 3. The third-order valence-corrected chi connectivity index (χ3v) is 4.52. The average molecular weight is 296 g/mol. The van der Waals surface area contributed by atoms with Crippen LogP contribution in [0.1, 0.15) is 36.5 Å². The molecule has 0 saturated heterocycles. The first-order chi connectivity index (χ1) is 10.8. The number of carbonyl (C=O) groups excluding carboxylic acids is 1. The van der Waals surface area contributed by atoms with Gasteiger partial charge in [-0.25, -0.2) is 0 Å². The lowest BCUT2D eigenvalue weighted by atomic mass is 10.1. The van der Waals surface area contributed by atoms with E-state index in [0.29, 0.717) is 0 Å². The Labute approximate surface area is 129 Å². The van der Waals surface area contributed by atoms with Crippen LogP contribution in [0.15, 0.2) is 30.3 Å². The summed E-state index contributed by atoms with van der Waals surface area (Å²) >= 11 is 0. The summed E-state index contributed by atoms with van der Waals surface area (Å²) in [6.45, 7) is 0.795. The van der Waals surface area contributed by atoms with E-state index >= 15 is 0 Å². The van der Waals surface area contributed by atoms with Crippen molar-refractivity contribution in [2.24, 2.45) is 5.92 Å². The molecular weight excluding hydrogens is 276 g/mol. The molecule has 5 nitrogen and oxygen atoms in total. The zero-order valence-electron chi connectivity index (χ0n) is 12.5. The normalized spacial score (nSPS) is 20.5. The first-order valence-corrected chi connectivity index (χ1v) is 8.05. The number of rotatable bonds is 4. The smallest absolute Gasteiger partial charge is 0.223 e. The van der Waals surface area contributed by atoms with Gasteiger partial charge in [0.15, 0.2) is 0 Å². The van der Waals surface area contributed by atoms with Gasteiger partial charge in [-0.1, -0.05) is 30.3 Å². The van der Waals surface area contributed by atoms with Gasteiger partial charge in [-0.15, -0.1) is 10.2 Å². The molecule has 0 spiro atoms. The maximum atomic E-state index is 11.9. The van der Waals surface area contributed by atoms with E-state index < -0.39 is 0 Å². The molecule has 1 fully saturated rings. The van der Waals surface area contributed by atoms with Gasteiger partial charge in [0.2, 0.25) is 5.91 Å². The van der Waals surface area contributed by atoms with Gasteiger partial charge in [-0.2, -0.15) is 0 Å². The quantitative estimate of drug-likeness (QED) is 0.934. The van der Waals surface area contributed by atoms with Gasteiger partial charge < -0.3 is 9.88 Å². The molecule has 5 heteroatoms. The molecule has 0 bridgehead atoms. The fraction of sp³-hybridized carbons (Fsp3) is 0.471. The maximum absolute atomic E-state index is 11.9. The van der Waals surface area contributed by atoms with Gasteiger partial charge in [0.1, 0.15) is 11.6 Å². The van der Waals surface area contributed by atoms with E-state index in [1.54, 1.807) is 0 Å². The minimum absolute atomic E-state index is 0.214. The van der Waals surface area contributed by atoms with Crippen molar-refractivity contribution in [2.75, 3.05) is 0 Å². The third kappa shape index (κ3) is 2.75. The topological polar surface area (TPSA) is 59.8 Å². The van der Waals surface area contributed by atoms with Crippen molar-refractivity contribution < 1.29 is 4.79 Å². The van der Waals surface area contributed by atoms with Crippen molar-refractivity contribution in [2.45, 2.75) is 44.7 Å². The minimum Gasteiger partial charge on any atom is -0.351 e. The Kier molecular flexibility index (Phi) is 3.41. The fourth-order valence-corrected chi connectivity index (χ4v) is 3.07. The number of aromatic nitrogens is 3. The number of carbonyl (C=O) groups is 1. The molecule has 1 atom stereocenters. The molecule has 0 radical (unpaired) electrons. The zero-order chi connectivity index (χ0) is 14.9. The Bertz CT molecular complexity index is 675. The third-order valence-electron chi connectivity index (χ3n) is 4.52. The van der Waals surface area contributed by atoms with E-state index in [1.165, 1.54) is 5.56 Å². The molecule has 1 unspecified atom stereocenters. The van der Waals surface area contributed by atoms with Crippen molar-refractivity contribution >= 4 is 5.91 Å². The second-order valence-corrected chi connectivity index (χ2v) is 6.32. The monoisotopic (exact) mass is 296 g/mol. The number of aryl methyl sites for hydroxylation is 1. The Morgan fingerprint density at radius 1 is 1.18 bits per heavy atom. The van der Waals surface area contributed by atoms with Crippen LogP contribution >= 0.6 is 0 Å². The summed E-state index contributed by atoms with van der Waals surface area (Å²) in [4.78, 5) is 11.9. The van der Waals surface area contributed by atoms with Crippen molar-refractivity contribution in [3.63, 3.8) is 0 Å². The standard InChI is InChI=1S/C17H20N4O/c22-17(13-6-7-13)18-14-8-9-15-19-20-16(21(15)11-14)10-12-4-2-1-3-5-12/h1-5,13-14H,6-11H2,(H,18,22). The van der Waals surface area contributed by atoms with Gasteiger partial charge in [0, 0.05) is 31.3 Å². The second-order valence-electron chi connectivity index (χ2n) is 6.32. The molecule has 1 aliphatic carbocycles. The molecule has 4 rings (SSSR count). The Morgan fingerprint density at radius 2 is 2.00 bits per heavy atom. The summed E-state index contributed by atoms with van der Waals surface area (Å²) in [5.74, 6) is 2.53. The molecule has 1 saturated carbocycles. The lowest BCUT2D eigenvalue weighted by molar-refractivity contribution is -0.123. The first-order valence-electron chi connectivity index (χ1n) is 8.05. The molecule has 2 aliphatic rings. The molecule has 1 aliphatic heterocycles. The molecule has 22 heavy (non-hydrogen) atoms. The highest BCUT2D eigenvalue weighted by atomic mass is 16.2. The number of amides is 1. The van der Waals surface area contributed by atoms with Crippen LogP contribution < -0.4 is 5.32 Å². The predicted octanol–water partition coefficient (Wildman–Crippen LogP) is 1.71. The fourth-order valence-electron chi connectivity index (χ4n) is 3.07. The van der Waals surface area contributed by atoms with E-state index in [9.17, 15) is 4.79 Å². The molecular formula is C17H20N4O. The Morgan fingerprint density at radius 3 is 2.77 bits per heavy atom. The summed E-state index contributed by atoms with van der Waals surface area (Å²) in [5, 5.41) is 11.9. The van der Waals surface area contributed by atoms with Crippen LogP contribution in [0.5, 0.6) is 0 Å². The number of fused-ring (bicyclic) bond motifs is 1. The molecule has 1 N–H and O–H groups in total. The summed E-state index contributed by atoms with van der Waals surface area (Å²) in [6, 6.07) is 10.5. The van der Waals surface area contributed by atoms with Crippen LogP contribution in [0.4, 0.5) is 0 Å². The van der Waals surface area contributed by atoms with E-state index in [1.807, 2.05) is 18.2 Å². The van der Waals surface area contributed by atoms with Crippen LogP contribution in [0.3, 0.4) is 0 Å². The molecule has 1 aromatic heterocycles. The number of nitrogens with one attached hydrogen (secondary N) is 1. The van der Waals surface area contributed by atoms with Crippen molar-refractivity contribution in [3.05, 3.63) is 47.5 Å². The number of benzene rings is 1. The van der Waals surface area contributed by atoms with Crippen molar-refractivity contribution in [1.29, 1.82) is 0 Å². The SMILES string of the molecule is O=C(NC1CCc2nnc(Cc3ccccc3)n2C1)C1CC1. The summed E-state index contributed by atoms with van der Waals surface area (Å²) < 4.78 is 2.19. The van der Waals surface area contributed by atoms with Crippen LogP contribution in [0, 0.1) is 5.92 Å². The van der Waals surface area contributed by atoms with E-state index in [0.717, 1.165) is 50.3 Å². The highest BCUT2D eigenvalue weighted by Crippen LogP contribution is 2.29. The lowest BCUT2D eigenvalue weighted by Crippen LogP contribution is -2.42. The minimum atomic E-state index is 0.214. The van der Waals surface area contributed by atoms with Crippen molar-refractivity contribution in [1.82, 2.24) is 20.1 Å². The van der Waals surface area contributed by atoms with Gasteiger partial charge in [-0.05, 0) is 24.8 Å². The van der Waals surface area contributed by atoms with E-state index in [2.05, 4.69) is 32.2 Å². The number of hydrogen-bond acceptors (Lipinski definition) is 3. The predicted molar refractivity (Wildman–Crippen MR) is 82.2 cm³/mol. The van der Waals surface area contributed by atoms with Crippen LogP contribution in [-0.2, 0) is 24.2 Å². The van der Waals surface area contributed by atoms with Crippen LogP contribution in [0.25, 0.3) is 0 Å². The molecule has 2 heterocycles. The average Bonchev–Trinajstić information content (AvgIpc) is 3.32. The van der Waals surface area contributed by atoms with E-state index in [-0.39, 0.29) is 17.9 Å². The lowest BCUT2D eigenvalue weighted by Gasteiger charge is -2.25. The molecule has 114 valence electrons. The van der Waals surface area contributed by atoms with Gasteiger partial charge in [-0.3, -0.25) is 4.79 Å². The van der Waals surface area contributed by atoms with Gasteiger partial charge in [0.25, 0.3) is 0 Å². The summed E-state index contributed by atoms with van der Waals surface area (Å²) in [6.07, 6.45) is 4.74. The Balaban J connectivity index is 1.48. The summed E-state index contributed by atoms with van der Waals surface area (Å²) in [7, 11) is 0.